The van der Waals surface area contributed by atoms with Gasteiger partial charge >= 0.3 is 0 Å². The highest BCUT2D eigenvalue weighted by atomic mass is 15.0. The molecule has 17 heavy (non-hydrogen) atoms. The molecule has 0 spiro atoms. The predicted octanol–water partition coefficient (Wildman–Crippen LogP) is 2.98. The largest absolute Gasteiger partial charge is 0.350 e. The van der Waals surface area contributed by atoms with Gasteiger partial charge < -0.3 is 8.97 Å². The van der Waals surface area contributed by atoms with Crippen LogP contribution >= 0.6 is 0 Å². The third-order valence-electron chi connectivity index (χ3n) is 3.39. The summed E-state index contributed by atoms with van der Waals surface area (Å²) in [5.74, 6) is 0. The molecule has 4 aromatic rings. The summed E-state index contributed by atoms with van der Waals surface area (Å²) in [6.45, 7) is 0. The number of aromatic nitrogens is 3. The Morgan fingerprint density at radius 1 is 0.941 bits per heavy atom. The normalized spacial score (nSPS) is 11.8. The van der Waals surface area contributed by atoms with Crippen LogP contribution in [0, 0.1) is 0 Å². The summed E-state index contributed by atoms with van der Waals surface area (Å²) >= 11 is 0. The van der Waals surface area contributed by atoms with Crippen molar-refractivity contribution in [3.8, 4) is 0 Å². The van der Waals surface area contributed by atoms with Crippen LogP contribution in [0.5, 0.6) is 0 Å². The van der Waals surface area contributed by atoms with Gasteiger partial charge in [-0.25, -0.2) is 4.98 Å². The number of aryl methyl sites for hydroxylation is 1. The van der Waals surface area contributed by atoms with E-state index in [0.717, 1.165) is 5.65 Å². The number of nitrogens with zero attached hydrogens (tertiary/aromatic N) is 3. The minimum atomic E-state index is 1.02. The van der Waals surface area contributed by atoms with Crippen LogP contribution < -0.4 is 0 Å². The molecule has 3 heteroatoms. The molecular weight excluding hydrogens is 210 g/mol. The van der Waals surface area contributed by atoms with E-state index >= 15 is 0 Å². The molecule has 0 aliphatic carbocycles. The minimum absolute atomic E-state index is 1.02. The van der Waals surface area contributed by atoms with E-state index in [1.807, 2.05) is 12.4 Å². The fourth-order valence-electron chi connectivity index (χ4n) is 2.58. The summed E-state index contributed by atoms with van der Waals surface area (Å²) in [7, 11) is 2.08. The lowest BCUT2D eigenvalue weighted by Gasteiger charge is -2.04. The smallest absolute Gasteiger partial charge is 0.144 e. The first-order valence-electron chi connectivity index (χ1n) is 5.64. The Hall–Kier alpha value is -2.29. The zero-order valence-corrected chi connectivity index (χ0v) is 9.46. The molecule has 4 rings (SSSR count). The zero-order chi connectivity index (χ0) is 11.4. The van der Waals surface area contributed by atoms with Crippen molar-refractivity contribution in [3.05, 3.63) is 49.1 Å². The van der Waals surface area contributed by atoms with E-state index < -0.39 is 0 Å². The lowest BCUT2D eigenvalue weighted by molar-refractivity contribution is 0.973. The molecule has 3 nitrogen and oxygen atoms in total. The molecular formula is C14H11N3. The first-order chi connectivity index (χ1) is 8.34. The van der Waals surface area contributed by atoms with Gasteiger partial charge in [-0.3, -0.25) is 0 Å². The second-order valence-corrected chi connectivity index (χ2v) is 4.37. The van der Waals surface area contributed by atoms with Crippen molar-refractivity contribution in [1.29, 1.82) is 0 Å². The molecule has 0 atom stereocenters. The first kappa shape index (κ1) is 8.82. The Balaban J connectivity index is 2.37. The van der Waals surface area contributed by atoms with Crippen molar-refractivity contribution in [3.63, 3.8) is 0 Å². The number of hydrogen-bond acceptors (Lipinski definition) is 1. The Bertz CT molecular complexity index is 852. The maximum atomic E-state index is 4.42. The molecule has 1 aromatic carbocycles. The molecule has 0 saturated carbocycles. The Morgan fingerprint density at radius 3 is 2.82 bits per heavy atom. The summed E-state index contributed by atoms with van der Waals surface area (Å²) in [6, 6.07) is 8.61. The van der Waals surface area contributed by atoms with Gasteiger partial charge in [-0.05, 0) is 18.2 Å². The molecule has 0 fully saturated rings. The quantitative estimate of drug-likeness (QED) is 0.447. The predicted molar refractivity (Wildman–Crippen MR) is 69.2 cm³/mol. The van der Waals surface area contributed by atoms with Crippen molar-refractivity contribution in [2.75, 3.05) is 0 Å². The lowest BCUT2D eigenvalue weighted by atomic mass is 10.1. The van der Waals surface area contributed by atoms with Crippen molar-refractivity contribution < 1.29 is 0 Å². The van der Waals surface area contributed by atoms with Gasteiger partial charge in [-0.2, -0.15) is 0 Å². The van der Waals surface area contributed by atoms with Crippen molar-refractivity contribution >= 4 is 27.3 Å². The zero-order valence-electron chi connectivity index (χ0n) is 9.46. The lowest BCUT2D eigenvalue weighted by Crippen LogP contribution is -1.89. The van der Waals surface area contributed by atoms with E-state index in [1.165, 1.54) is 21.7 Å². The maximum Gasteiger partial charge on any atom is 0.144 e. The molecule has 82 valence electrons. The van der Waals surface area contributed by atoms with Gasteiger partial charge in [0.15, 0.2) is 0 Å². The Morgan fingerprint density at radius 2 is 1.88 bits per heavy atom. The van der Waals surface area contributed by atoms with Gasteiger partial charge in [0.2, 0.25) is 0 Å². The van der Waals surface area contributed by atoms with E-state index in [0.29, 0.717) is 0 Å². The maximum absolute atomic E-state index is 4.42. The minimum Gasteiger partial charge on any atom is -0.350 e. The Labute approximate surface area is 97.9 Å². The number of pyridine rings is 1. The molecule has 0 aliphatic rings. The third kappa shape index (κ3) is 1.03. The molecule has 0 amide bonds. The molecule has 0 aliphatic heterocycles. The SMILES string of the molecule is Cn1ccc2ccc3c(ccn4ccnc34)c21. The summed E-state index contributed by atoms with van der Waals surface area (Å²) in [4.78, 5) is 4.42. The fraction of sp³-hybridized carbons (Fsp3) is 0.0714. The number of fused-ring (bicyclic) bond motifs is 5. The highest BCUT2D eigenvalue weighted by molar-refractivity contribution is 6.10. The van der Waals surface area contributed by atoms with Crippen LogP contribution in [0.1, 0.15) is 0 Å². The molecule has 0 unspecified atom stereocenters. The van der Waals surface area contributed by atoms with Gasteiger partial charge in [0, 0.05) is 48.0 Å². The molecule has 0 saturated heterocycles. The van der Waals surface area contributed by atoms with Crippen LogP contribution in [0.2, 0.25) is 0 Å². The van der Waals surface area contributed by atoms with Gasteiger partial charge in [-0.15, -0.1) is 0 Å². The topological polar surface area (TPSA) is 22.2 Å². The van der Waals surface area contributed by atoms with Gasteiger partial charge in [0.05, 0.1) is 5.52 Å². The van der Waals surface area contributed by atoms with E-state index in [9.17, 15) is 0 Å². The molecule has 0 bridgehead atoms. The molecule has 0 N–H and O–H groups in total. The van der Waals surface area contributed by atoms with E-state index in [2.05, 4.69) is 57.7 Å². The van der Waals surface area contributed by atoms with Crippen LogP contribution in [-0.4, -0.2) is 14.0 Å². The average Bonchev–Trinajstić information content (AvgIpc) is 2.95. The number of hydrogen-bond donors (Lipinski definition) is 0. The summed E-state index contributed by atoms with van der Waals surface area (Å²) in [5.41, 5.74) is 2.29. The van der Waals surface area contributed by atoms with E-state index in [1.54, 1.807) is 0 Å². The first-order valence-corrected chi connectivity index (χ1v) is 5.64. The van der Waals surface area contributed by atoms with Crippen molar-refractivity contribution in [1.82, 2.24) is 14.0 Å². The second kappa shape index (κ2) is 2.88. The number of rotatable bonds is 0. The second-order valence-electron chi connectivity index (χ2n) is 4.37. The van der Waals surface area contributed by atoms with Crippen LogP contribution in [-0.2, 0) is 7.05 Å². The molecule has 0 radical (unpaired) electrons. The van der Waals surface area contributed by atoms with E-state index in [-0.39, 0.29) is 0 Å². The van der Waals surface area contributed by atoms with Crippen molar-refractivity contribution in [2.24, 2.45) is 7.05 Å². The van der Waals surface area contributed by atoms with Gasteiger partial charge in [-0.1, -0.05) is 6.07 Å². The summed E-state index contributed by atoms with van der Waals surface area (Å²) < 4.78 is 4.22. The van der Waals surface area contributed by atoms with Gasteiger partial charge in [0.25, 0.3) is 0 Å². The number of imidazole rings is 1. The van der Waals surface area contributed by atoms with Crippen LogP contribution in [0.25, 0.3) is 27.3 Å². The third-order valence-corrected chi connectivity index (χ3v) is 3.39. The summed E-state index contributed by atoms with van der Waals surface area (Å²) in [6.07, 6.45) is 7.98. The fourth-order valence-corrected chi connectivity index (χ4v) is 2.58. The van der Waals surface area contributed by atoms with Crippen LogP contribution in [0.4, 0.5) is 0 Å². The highest BCUT2D eigenvalue weighted by Crippen LogP contribution is 2.27. The average molecular weight is 221 g/mol. The van der Waals surface area contributed by atoms with E-state index in [4.69, 9.17) is 0 Å². The Kier molecular flexibility index (Phi) is 1.50. The highest BCUT2D eigenvalue weighted by Gasteiger charge is 2.07. The summed E-state index contributed by atoms with van der Waals surface area (Å²) in [5, 5.41) is 3.73. The standard InChI is InChI=1S/C14H11N3/c1-16-7-4-10-2-3-12-11(13(10)16)5-8-17-9-6-15-14(12)17/h2-9H,1H3. The molecule has 3 aromatic heterocycles. The number of benzene rings is 1. The van der Waals surface area contributed by atoms with Crippen LogP contribution in [0.15, 0.2) is 49.1 Å². The van der Waals surface area contributed by atoms with Crippen LogP contribution in [0.3, 0.4) is 0 Å². The van der Waals surface area contributed by atoms with Gasteiger partial charge in [0.1, 0.15) is 5.65 Å². The monoisotopic (exact) mass is 221 g/mol. The molecule has 3 heterocycles. The van der Waals surface area contributed by atoms with Crippen molar-refractivity contribution in [2.45, 2.75) is 0 Å².